The van der Waals surface area contributed by atoms with Crippen molar-refractivity contribution in [3.8, 4) is 0 Å². The van der Waals surface area contributed by atoms with Crippen molar-refractivity contribution in [2.75, 3.05) is 23.4 Å². The molecule has 1 aromatic rings. The Morgan fingerprint density at radius 2 is 2.10 bits per heavy atom. The molecule has 1 aliphatic heterocycles. The maximum absolute atomic E-state index is 11.8. The number of aliphatic hydroxyl groups is 1. The van der Waals surface area contributed by atoms with Gasteiger partial charge >= 0.3 is 0 Å². The Kier molecular flexibility index (Phi) is 4.66. The van der Waals surface area contributed by atoms with Gasteiger partial charge in [0.15, 0.2) is 0 Å². The summed E-state index contributed by atoms with van der Waals surface area (Å²) in [5, 5.41) is 15.8. The van der Waals surface area contributed by atoms with Gasteiger partial charge in [-0.25, -0.2) is 13.1 Å². The van der Waals surface area contributed by atoms with Crippen LogP contribution in [0.15, 0.2) is 11.0 Å². The van der Waals surface area contributed by atoms with E-state index in [1.54, 1.807) is 0 Å². The molecule has 2 N–H and O–H groups in total. The molecule has 0 radical (unpaired) electrons. The standard InChI is InChI=1S/C11H16ClN3O4S/c12-10-9(7-13-15(3-4-16)11(10)17)14-8-1-5-20(18,19)6-2-8/h7-8,14,16H,1-6H2. The van der Waals surface area contributed by atoms with Gasteiger partial charge in [0.1, 0.15) is 14.9 Å². The van der Waals surface area contributed by atoms with Crippen LogP contribution in [-0.2, 0) is 16.4 Å². The van der Waals surface area contributed by atoms with Gasteiger partial charge in [-0.2, -0.15) is 5.10 Å². The number of hydrogen-bond acceptors (Lipinski definition) is 6. The Bertz CT molecular complexity index is 630. The number of sulfone groups is 1. The minimum Gasteiger partial charge on any atom is -0.394 e. The highest BCUT2D eigenvalue weighted by Gasteiger charge is 2.24. The molecule has 1 aliphatic rings. The number of aliphatic hydroxyl groups excluding tert-OH is 1. The number of nitrogens with zero attached hydrogens (tertiary/aromatic N) is 2. The van der Waals surface area contributed by atoms with E-state index in [1.807, 2.05) is 0 Å². The van der Waals surface area contributed by atoms with Gasteiger partial charge in [0, 0.05) is 6.04 Å². The zero-order valence-corrected chi connectivity index (χ0v) is 12.3. The van der Waals surface area contributed by atoms with Gasteiger partial charge in [0.05, 0.1) is 36.5 Å². The van der Waals surface area contributed by atoms with Crippen LogP contribution < -0.4 is 10.9 Å². The maximum atomic E-state index is 11.8. The smallest absolute Gasteiger partial charge is 0.287 e. The molecule has 0 aliphatic carbocycles. The molecule has 9 heteroatoms. The molecule has 2 rings (SSSR count). The third kappa shape index (κ3) is 3.50. The highest BCUT2D eigenvalue weighted by molar-refractivity contribution is 7.91. The summed E-state index contributed by atoms with van der Waals surface area (Å²) in [5.41, 5.74) is -0.0793. The summed E-state index contributed by atoms with van der Waals surface area (Å²) in [4.78, 5) is 11.8. The molecule has 0 unspecified atom stereocenters. The highest BCUT2D eigenvalue weighted by Crippen LogP contribution is 2.21. The second-order valence-corrected chi connectivity index (χ2v) is 7.38. The summed E-state index contributed by atoms with van der Waals surface area (Å²) in [7, 11) is -2.92. The number of anilines is 1. The summed E-state index contributed by atoms with van der Waals surface area (Å²) >= 11 is 5.97. The van der Waals surface area contributed by atoms with Gasteiger partial charge in [-0.05, 0) is 12.8 Å². The van der Waals surface area contributed by atoms with Crippen molar-refractivity contribution in [1.82, 2.24) is 9.78 Å². The number of hydrogen-bond donors (Lipinski definition) is 2. The fourth-order valence-electron chi connectivity index (χ4n) is 2.07. The van der Waals surface area contributed by atoms with Crippen LogP contribution in [0.4, 0.5) is 5.69 Å². The van der Waals surface area contributed by atoms with Crippen LogP contribution >= 0.6 is 11.6 Å². The van der Waals surface area contributed by atoms with Crippen LogP contribution in [0.2, 0.25) is 5.02 Å². The minimum atomic E-state index is -2.92. The van der Waals surface area contributed by atoms with Crippen molar-refractivity contribution >= 4 is 27.1 Å². The van der Waals surface area contributed by atoms with Crippen LogP contribution in [-0.4, -0.2) is 47.5 Å². The van der Waals surface area contributed by atoms with Gasteiger partial charge in [0.25, 0.3) is 5.56 Å². The molecular weight excluding hydrogens is 306 g/mol. The van der Waals surface area contributed by atoms with Crippen molar-refractivity contribution in [2.45, 2.75) is 25.4 Å². The van der Waals surface area contributed by atoms with E-state index >= 15 is 0 Å². The van der Waals surface area contributed by atoms with E-state index in [0.717, 1.165) is 4.68 Å². The average molecular weight is 322 g/mol. The normalized spacial score (nSPS) is 18.9. The zero-order valence-electron chi connectivity index (χ0n) is 10.7. The summed E-state index contributed by atoms with van der Waals surface area (Å²) in [5.74, 6) is 0.272. The molecule has 0 saturated carbocycles. The topological polar surface area (TPSA) is 101 Å². The van der Waals surface area contributed by atoms with Gasteiger partial charge < -0.3 is 10.4 Å². The maximum Gasteiger partial charge on any atom is 0.287 e. The Balaban J connectivity index is 2.11. The SMILES string of the molecule is O=c1c(Cl)c(NC2CCS(=O)(=O)CC2)cnn1CCO. The predicted octanol–water partition coefficient (Wildman–Crippen LogP) is -0.122. The van der Waals surface area contributed by atoms with Crippen LogP contribution in [0.5, 0.6) is 0 Å². The monoisotopic (exact) mass is 321 g/mol. The van der Waals surface area contributed by atoms with E-state index in [9.17, 15) is 13.2 Å². The second-order valence-electron chi connectivity index (χ2n) is 4.69. The van der Waals surface area contributed by atoms with Crippen molar-refractivity contribution in [2.24, 2.45) is 0 Å². The van der Waals surface area contributed by atoms with E-state index < -0.39 is 15.4 Å². The molecule has 0 amide bonds. The predicted molar refractivity (Wildman–Crippen MR) is 75.9 cm³/mol. The van der Waals surface area contributed by atoms with Crippen LogP contribution in [0.25, 0.3) is 0 Å². The van der Waals surface area contributed by atoms with Crippen LogP contribution in [0.3, 0.4) is 0 Å². The van der Waals surface area contributed by atoms with Crippen LogP contribution in [0.1, 0.15) is 12.8 Å². The quantitative estimate of drug-likeness (QED) is 0.801. The van der Waals surface area contributed by atoms with Crippen molar-refractivity contribution in [3.05, 3.63) is 21.6 Å². The lowest BCUT2D eigenvalue weighted by atomic mass is 10.1. The Morgan fingerprint density at radius 3 is 2.70 bits per heavy atom. The molecule has 0 spiro atoms. The van der Waals surface area contributed by atoms with E-state index in [-0.39, 0.29) is 35.7 Å². The first-order valence-electron chi connectivity index (χ1n) is 6.26. The summed E-state index contributed by atoms with van der Waals surface area (Å²) in [6, 6.07) is -0.0362. The molecule has 1 aromatic heterocycles. The third-order valence-electron chi connectivity index (χ3n) is 3.21. The van der Waals surface area contributed by atoms with E-state index in [2.05, 4.69) is 10.4 Å². The fourth-order valence-corrected chi connectivity index (χ4v) is 3.77. The molecule has 2 heterocycles. The van der Waals surface area contributed by atoms with Gasteiger partial charge in [0.2, 0.25) is 0 Å². The molecule has 0 atom stereocenters. The molecule has 7 nitrogen and oxygen atoms in total. The van der Waals surface area contributed by atoms with Crippen LogP contribution in [0, 0.1) is 0 Å². The number of aromatic nitrogens is 2. The molecule has 0 aromatic carbocycles. The van der Waals surface area contributed by atoms with E-state index in [4.69, 9.17) is 16.7 Å². The number of rotatable bonds is 4. The van der Waals surface area contributed by atoms with Gasteiger partial charge in [-0.15, -0.1) is 0 Å². The fraction of sp³-hybridized carbons (Fsp3) is 0.636. The van der Waals surface area contributed by atoms with E-state index in [0.29, 0.717) is 18.5 Å². The van der Waals surface area contributed by atoms with Crippen molar-refractivity contribution in [1.29, 1.82) is 0 Å². The lowest BCUT2D eigenvalue weighted by Gasteiger charge is -2.24. The average Bonchev–Trinajstić information content (AvgIpc) is 2.41. The van der Waals surface area contributed by atoms with E-state index in [1.165, 1.54) is 6.20 Å². The number of halogens is 1. The third-order valence-corrected chi connectivity index (χ3v) is 5.29. The Hall–Kier alpha value is -1.12. The lowest BCUT2D eigenvalue weighted by Crippen LogP contribution is -2.33. The lowest BCUT2D eigenvalue weighted by molar-refractivity contribution is 0.266. The molecule has 1 fully saturated rings. The first kappa shape index (κ1) is 15.3. The number of nitrogens with one attached hydrogen (secondary N) is 1. The Morgan fingerprint density at radius 1 is 1.45 bits per heavy atom. The first-order chi connectivity index (χ1) is 9.43. The molecule has 1 saturated heterocycles. The highest BCUT2D eigenvalue weighted by atomic mass is 35.5. The molecule has 112 valence electrons. The van der Waals surface area contributed by atoms with Gasteiger partial charge in [-0.1, -0.05) is 11.6 Å². The van der Waals surface area contributed by atoms with Crippen molar-refractivity contribution < 1.29 is 13.5 Å². The summed E-state index contributed by atoms with van der Waals surface area (Å²) in [6.45, 7) is -0.114. The zero-order chi connectivity index (χ0) is 14.8. The Labute approximate surface area is 121 Å². The first-order valence-corrected chi connectivity index (χ1v) is 8.46. The summed E-state index contributed by atoms with van der Waals surface area (Å²) < 4.78 is 23.8. The van der Waals surface area contributed by atoms with Crippen molar-refractivity contribution in [3.63, 3.8) is 0 Å². The molecule has 0 bridgehead atoms. The minimum absolute atomic E-state index is 0.00174. The largest absolute Gasteiger partial charge is 0.394 e. The molecular formula is C11H16ClN3O4S. The summed E-state index contributed by atoms with van der Waals surface area (Å²) in [6.07, 6.45) is 2.39. The second kappa shape index (κ2) is 6.11. The van der Waals surface area contributed by atoms with Gasteiger partial charge in [-0.3, -0.25) is 4.79 Å². The molecule has 20 heavy (non-hydrogen) atoms.